The maximum atomic E-state index is 11.3. The van der Waals surface area contributed by atoms with Crippen molar-refractivity contribution in [3.63, 3.8) is 0 Å². The molecule has 1 aromatic heterocycles. The summed E-state index contributed by atoms with van der Waals surface area (Å²) >= 11 is 5.93. The predicted octanol–water partition coefficient (Wildman–Crippen LogP) is 2.56. The maximum Gasteiger partial charge on any atom is 0.228 e. The minimum atomic E-state index is 0.00699. The Morgan fingerprint density at radius 3 is 3.05 bits per heavy atom. The Morgan fingerprint density at radius 1 is 1.37 bits per heavy atom. The molecule has 0 bridgehead atoms. The Labute approximate surface area is 114 Å². The van der Waals surface area contributed by atoms with E-state index in [1.807, 2.05) is 18.2 Å². The van der Waals surface area contributed by atoms with Crippen molar-refractivity contribution in [3.8, 4) is 0 Å². The first kappa shape index (κ1) is 11.8. The van der Waals surface area contributed by atoms with Crippen LogP contribution < -0.4 is 16.4 Å². The van der Waals surface area contributed by atoms with E-state index in [1.54, 1.807) is 12.3 Å². The quantitative estimate of drug-likeness (QED) is 0.786. The number of nitrogens with one attached hydrogen (secondary N) is 2. The number of aromatic nitrogens is 1. The van der Waals surface area contributed by atoms with Gasteiger partial charge in [-0.15, -0.1) is 0 Å². The molecule has 1 aliphatic rings. The lowest BCUT2D eigenvalue weighted by molar-refractivity contribution is -0.115. The van der Waals surface area contributed by atoms with E-state index in [2.05, 4.69) is 15.6 Å². The van der Waals surface area contributed by atoms with Gasteiger partial charge in [-0.1, -0.05) is 11.6 Å². The first-order chi connectivity index (χ1) is 9.13. The minimum Gasteiger partial charge on any atom is -0.395 e. The number of carbonyl (C=O) groups is 1. The Bertz CT molecular complexity index is 672. The number of fused-ring (bicyclic) bond motifs is 1. The second-order valence-electron chi connectivity index (χ2n) is 4.28. The maximum absolute atomic E-state index is 11.3. The van der Waals surface area contributed by atoms with Gasteiger partial charge in [-0.05, 0) is 29.8 Å². The third kappa shape index (κ3) is 2.20. The number of amides is 1. The van der Waals surface area contributed by atoms with Gasteiger partial charge in [-0.2, -0.15) is 0 Å². The topological polar surface area (TPSA) is 80.0 Å². The molecule has 0 atom stereocenters. The standard InChI is InChI=1S/C13H11ClN4O/c14-9-3-4-16-13(12(9)15)17-8-1-2-10-7(5-8)6-11(19)18-10/h1-5H,6,15H2,(H,16,17)(H,18,19). The summed E-state index contributed by atoms with van der Waals surface area (Å²) in [6.07, 6.45) is 1.97. The van der Waals surface area contributed by atoms with Crippen LogP contribution in [0.15, 0.2) is 30.5 Å². The summed E-state index contributed by atoms with van der Waals surface area (Å²) in [5.41, 5.74) is 8.86. The summed E-state index contributed by atoms with van der Waals surface area (Å²) in [7, 11) is 0. The number of benzene rings is 1. The number of nitrogens with zero attached hydrogens (tertiary/aromatic N) is 1. The Balaban J connectivity index is 1.90. The van der Waals surface area contributed by atoms with Crippen molar-refractivity contribution in [2.24, 2.45) is 0 Å². The fourth-order valence-corrected chi connectivity index (χ4v) is 2.14. The normalized spacial score (nSPS) is 13.0. The van der Waals surface area contributed by atoms with Crippen molar-refractivity contribution >= 4 is 40.4 Å². The molecule has 2 heterocycles. The number of pyridine rings is 1. The van der Waals surface area contributed by atoms with Crippen LogP contribution >= 0.6 is 11.6 Å². The SMILES string of the molecule is Nc1c(Cl)ccnc1Nc1ccc2c(c1)CC(=O)N2. The van der Waals surface area contributed by atoms with E-state index in [4.69, 9.17) is 17.3 Å². The molecule has 1 aliphatic heterocycles. The van der Waals surface area contributed by atoms with E-state index in [0.717, 1.165) is 16.9 Å². The molecular formula is C13H11ClN4O. The minimum absolute atomic E-state index is 0.00699. The first-order valence-corrected chi connectivity index (χ1v) is 6.11. The molecule has 0 saturated heterocycles. The lowest BCUT2D eigenvalue weighted by Gasteiger charge is -2.10. The molecule has 96 valence electrons. The van der Waals surface area contributed by atoms with Gasteiger partial charge in [-0.25, -0.2) is 4.98 Å². The van der Waals surface area contributed by atoms with Crippen molar-refractivity contribution in [2.75, 3.05) is 16.4 Å². The zero-order valence-electron chi connectivity index (χ0n) is 9.90. The highest BCUT2D eigenvalue weighted by molar-refractivity contribution is 6.33. The molecule has 0 fully saturated rings. The molecule has 6 heteroatoms. The van der Waals surface area contributed by atoms with E-state index in [9.17, 15) is 4.79 Å². The summed E-state index contributed by atoms with van der Waals surface area (Å²) in [4.78, 5) is 15.4. The van der Waals surface area contributed by atoms with E-state index < -0.39 is 0 Å². The summed E-state index contributed by atoms with van der Waals surface area (Å²) in [5.74, 6) is 0.511. The molecule has 0 aliphatic carbocycles. The highest BCUT2D eigenvalue weighted by Gasteiger charge is 2.17. The lowest BCUT2D eigenvalue weighted by atomic mass is 10.1. The zero-order valence-corrected chi connectivity index (χ0v) is 10.7. The largest absolute Gasteiger partial charge is 0.395 e. The summed E-state index contributed by atoms with van der Waals surface area (Å²) < 4.78 is 0. The van der Waals surface area contributed by atoms with Crippen LogP contribution in [0.25, 0.3) is 0 Å². The van der Waals surface area contributed by atoms with Crippen LogP contribution in [0.2, 0.25) is 5.02 Å². The molecule has 0 radical (unpaired) electrons. The second kappa shape index (κ2) is 4.44. The number of hydrogen-bond donors (Lipinski definition) is 3. The molecule has 0 saturated carbocycles. The number of carbonyl (C=O) groups excluding carboxylic acids is 1. The molecule has 5 nitrogen and oxygen atoms in total. The second-order valence-corrected chi connectivity index (χ2v) is 4.68. The molecule has 19 heavy (non-hydrogen) atoms. The predicted molar refractivity (Wildman–Crippen MR) is 75.7 cm³/mol. The number of anilines is 4. The van der Waals surface area contributed by atoms with E-state index in [-0.39, 0.29) is 5.91 Å². The molecular weight excluding hydrogens is 264 g/mol. The molecule has 2 aromatic rings. The van der Waals surface area contributed by atoms with Gasteiger partial charge in [0, 0.05) is 17.6 Å². The average molecular weight is 275 g/mol. The van der Waals surface area contributed by atoms with E-state index >= 15 is 0 Å². The van der Waals surface area contributed by atoms with Crippen LogP contribution in [0, 0.1) is 0 Å². The van der Waals surface area contributed by atoms with Gasteiger partial charge in [0.2, 0.25) is 5.91 Å². The van der Waals surface area contributed by atoms with Gasteiger partial charge in [0.25, 0.3) is 0 Å². The van der Waals surface area contributed by atoms with Crippen LogP contribution in [0.1, 0.15) is 5.56 Å². The summed E-state index contributed by atoms with van der Waals surface area (Å²) in [6.45, 7) is 0. The smallest absolute Gasteiger partial charge is 0.228 e. The third-order valence-electron chi connectivity index (χ3n) is 2.93. The zero-order chi connectivity index (χ0) is 13.4. The van der Waals surface area contributed by atoms with E-state index in [0.29, 0.717) is 22.9 Å². The van der Waals surface area contributed by atoms with Gasteiger partial charge < -0.3 is 16.4 Å². The monoisotopic (exact) mass is 274 g/mol. The van der Waals surface area contributed by atoms with Gasteiger partial charge in [0.1, 0.15) is 0 Å². The van der Waals surface area contributed by atoms with Gasteiger partial charge in [-0.3, -0.25) is 4.79 Å². The number of nitrogens with two attached hydrogens (primary N) is 1. The summed E-state index contributed by atoms with van der Waals surface area (Å²) in [5, 5.41) is 6.33. The molecule has 0 unspecified atom stereocenters. The molecule has 4 N–H and O–H groups in total. The average Bonchev–Trinajstić information content (AvgIpc) is 2.74. The fourth-order valence-electron chi connectivity index (χ4n) is 1.99. The van der Waals surface area contributed by atoms with Crippen LogP contribution in [0.3, 0.4) is 0 Å². The number of nitrogen functional groups attached to an aromatic ring is 1. The van der Waals surface area contributed by atoms with Crippen molar-refractivity contribution in [3.05, 3.63) is 41.0 Å². The summed E-state index contributed by atoms with van der Waals surface area (Å²) in [6, 6.07) is 7.23. The highest BCUT2D eigenvalue weighted by atomic mass is 35.5. The van der Waals surface area contributed by atoms with Crippen molar-refractivity contribution < 1.29 is 4.79 Å². The van der Waals surface area contributed by atoms with Gasteiger partial charge >= 0.3 is 0 Å². The fraction of sp³-hybridized carbons (Fsp3) is 0.0769. The van der Waals surface area contributed by atoms with Gasteiger partial charge in [0.15, 0.2) is 5.82 Å². The third-order valence-corrected chi connectivity index (χ3v) is 3.26. The van der Waals surface area contributed by atoms with Crippen LogP contribution in [-0.2, 0) is 11.2 Å². The Hall–Kier alpha value is -2.27. The molecule has 3 rings (SSSR count). The number of hydrogen-bond acceptors (Lipinski definition) is 4. The van der Waals surface area contributed by atoms with Crippen molar-refractivity contribution in [2.45, 2.75) is 6.42 Å². The first-order valence-electron chi connectivity index (χ1n) is 5.73. The number of rotatable bonds is 2. The number of halogens is 1. The Kier molecular flexibility index (Phi) is 2.76. The molecule has 1 aromatic carbocycles. The van der Waals surface area contributed by atoms with Gasteiger partial charge in [0.05, 0.1) is 17.1 Å². The lowest BCUT2D eigenvalue weighted by Crippen LogP contribution is -2.03. The Morgan fingerprint density at radius 2 is 2.21 bits per heavy atom. The van der Waals surface area contributed by atoms with Crippen LogP contribution in [-0.4, -0.2) is 10.9 Å². The van der Waals surface area contributed by atoms with Crippen LogP contribution in [0.5, 0.6) is 0 Å². The van der Waals surface area contributed by atoms with Crippen LogP contribution in [0.4, 0.5) is 22.9 Å². The highest BCUT2D eigenvalue weighted by Crippen LogP contribution is 2.30. The molecule has 0 spiro atoms. The van der Waals surface area contributed by atoms with E-state index in [1.165, 1.54) is 0 Å². The van der Waals surface area contributed by atoms with Crippen molar-refractivity contribution in [1.29, 1.82) is 0 Å². The van der Waals surface area contributed by atoms with Crippen molar-refractivity contribution in [1.82, 2.24) is 4.98 Å². The molecule has 1 amide bonds.